The average molecular weight is 598 g/mol. The second-order valence-electron chi connectivity index (χ2n) is 11.6. The molecule has 42 heavy (non-hydrogen) atoms. The molecule has 4 unspecified atom stereocenters. The van der Waals surface area contributed by atoms with Crippen molar-refractivity contribution in [1.82, 2.24) is 0 Å². The number of carbonyl (C=O) groups is 4. The minimum absolute atomic E-state index is 0.132. The van der Waals surface area contributed by atoms with Crippen molar-refractivity contribution in [1.29, 1.82) is 0 Å². The molecule has 0 spiro atoms. The lowest BCUT2D eigenvalue weighted by molar-refractivity contribution is -0.139. The molecule has 1 rings (SSSR count). The lowest BCUT2D eigenvalue weighted by atomic mass is 9.82. The summed E-state index contributed by atoms with van der Waals surface area (Å²) in [6, 6.07) is 2.74. The van der Waals surface area contributed by atoms with Gasteiger partial charge in [0.05, 0.1) is 13.2 Å². The summed E-state index contributed by atoms with van der Waals surface area (Å²) >= 11 is 0. The van der Waals surface area contributed by atoms with E-state index in [0.717, 1.165) is 12.8 Å². The number of rotatable bonds is 15. The van der Waals surface area contributed by atoms with Crippen LogP contribution in [0, 0.1) is 11.3 Å². The van der Waals surface area contributed by atoms with Gasteiger partial charge in [0.15, 0.2) is 11.5 Å². The molecule has 0 bridgehead atoms. The molecule has 0 aliphatic heterocycles. The van der Waals surface area contributed by atoms with Crippen molar-refractivity contribution in [2.24, 2.45) is 17.1 Å². The first kappa shape index (κ1) is 36.5. The minimum Gasteiger partial charge on any atom is -0.480 e. The Bertz CT molecular complexity index is 1040. The third-order valence-corrected chi connectivity index (χ3v) is 6.10. The number of benzene rings is 1. The Morgan fingerprint density at radius 3 is 1.83 bits per heavy atom. The van der Waals surface area contributed by atoms with Gasteiger partial charge in [-0.05, 0) is 55.7 Å². The van der Waals surface area contributed by atoms with Crippen LogP contribution in [-0.4, -0.2) is 61.0 Å². The molecule has 1 aromatic carbocycles. The second kappa shape index (κ2) is 17.4. The predicted molar refractivity (Wildman–Crippen MR) is 154 cm³/mol. The number of nitrogens with two attached hydrogens (primary N) is 1. The molecule has 5 atom stereocenters. The van der Waals surface area contributed by atoms with E-state index >= 15 is 0 Å². The summed E-state index contributed by atoms with van der Waals surface area (Å²) in [6.07, 6.45) is -0.981. The molecule has 0 radical (unpaired) electrons. The van der Waals surface area contributed by atoms with Crippen molar-refractivity contribution < 1.29 is 52.7 Å². The lowest BCUT2D eigenvalue weighted by Crippen LogP contribution is -2.40. The van der Waals surface area contributed by atoms with Crippen molar-refractivity contribution >= 4 is 24.4 Å². The first-order chi connectivity index (χ1) is 19.6. The van der Waals surface area contributed by atoms with Crippen LogP contribution in [0.3, 0.4) is 0 Å². The van der Waals surface area contributed by atoms with E-state index in [0.29, 0.717) is 18.4 Å². The van der Waals surface area contributed by atoms with Crippen molar-refractivity contribution in [3.8, 4) is 11.5 Å². The number of ether oxygens (including phenoxy) is 6. The molecular weight excluding hydrogens is 550 g/mol. The van der Waals surface area contributed by atoms with Crippen LogP contribution in [0.15, 0.2) is 18.2 Å². The van der Waals surface area contributed by atoms with Crippen LogP contribution in [0.4, 0.5) is 14.4 Å². The summed E-state index contributed by atoms with van der Waals surface area (Å²) < 4.78 is 31.6. The van der Waals surface area contributed by atoms with E-state index in [-0.39, 0.29) is 30.1 Å². The Labute approximate surface area is 248 Å². The first-order valence-corrected chi connectivity index (χ1v) is 14.3. The van der Waals surface area contributed by atoms with E-state index in [1.807, 2.05) is 34.6 Å². The molecule has 1 aromatic rings. The Kier molecular flexibility index (Phi) is 15.1. The fourth-order valence-electron chi connectivity index (χ4n) is 4.05. The highest BCUT2D eigenvalue weighted by Crippen LogP contribution is 2.36. The first-order valence-electron chi connectivity index (χ1n) is 14.3. The fraction of sp³-hybridized carbons (Fsp3) is 0.667. The number of carboxylic acid groups (broad SMARTS) is 1. The minimum atomic E-state index is -1.43. The van der Waals surface area contributed by atoms with E-state index in [1.165, 1.54) is 18.2 Å². The van der Waals surface area contributed by atoms with E-state index in [4.69, 9.17) is 34.2 Å². The highest BCUT2D eigenvalue weighted by Gasteiger charge is 2.33. The Hall–Kier alpha value is -3.54. The Morgan fingerprint density at radius 1 is 0.833 bits per heavy atom. The van der Waals surface area contributed by atoms with E-state index in [9.17, 15) is 24.3 Å². The average Bonchev–Trinajstić information content (AvgIpc) is 2.87. The van der Waals surface area contributed by atoms with Gasteiger partial charge < -0.3 is 39.3 Å². The topological polar surface area (TPSA) is 170 Å². The summed E-state index contributed by atoms with van der Waals surface area (Å²) in [6.45, 7) is 14.6. The molecule has 238 valence electrons. The van der Waals surface area contributed by atoms with E-state index < -0.39 is 54.5 Å². The van der Waals surface area contributed by atoms with Crippen LogP contribution in [0.2, 0.25) is 0 Å². The molecule has 0 heterocycles. The Balaban J connectivity index is 3.32. The van der Waals surface area contributed by atoms with Crippen LogP contribution >= 0.6 is 0 Å². The highest BCUT2D eigenvalue weighted by atomic mass is 16.8. The van der Waals surface area contributed by atoms with Gasteiger partial charge in [-0.1, -0.05) is 60.5 Å². The maximum Gasteiger partial charge on any atom is 0.514 e. The van der Waals surface area contributed by atoms with E-state index in [1.54, 1.807) is 20.8 Å². The summed E-state index contributed by atoms with van der Waals surface area (Å²) in [7, 11) is 0. The molecule has 0 fully saturated rings. The maximum absolute atomic E-state index is 12.6. The molecular formula is C30H47NO11. The summed E-state index contributed by atoms with van der Waals surface area (Å²) in [5, 5.41) is 9.73. The number of carbonyl (C=O) groups excluding carboxylic acids is 3. The quantitative estimate of drug-likeness (QED) is 0.129. The van der Waals surface area contributed by atoms with Crippen molar-refractivity contribution in [3.05, 3.63) is 23.8 Å². The molecule has 12 nitrogen and oxygen atoms in total. The highest BCUT2D eigenvalue weighted by molar-refractivity contribution is 5.75. The predicted octanol–water partition coefficient (Wildman–Crippen LogP) is 6.43. The SMILES string of the molecule is CCCC(C)OC(=O)Oc1ccc(C(C(C)COC(=O)OCC(C)(C)C)[C@H](N)C(=O)O)cc1OC(=O)OC(C)CCC. The van der Waals surface area contributed by atoms with Gasteiger partial charge in [0, 0.05) is 5.92 Å². The smallest absolute Gasteiger partial charge is 0.480 e. The fourth-order valence-corrected chi connectivity index (χ4v) is 4.05. The summed E-state index contributed by atoms with van der Waals surface area (Å²) in [4.78, 5) is 49.0. The molecule has 0 aliphatic carbocycles. The van der Waals surface area contributed by atoms with Gasteiger partial charge in [0.2, 0.25) is 0 Å². The second-order valence-corrected chi connectivity index (χ2v) is 11.6. The summed E-state index contributed by atoms with van der Waals surface area (Å²) in [5.74, 6) is -3.19. The van der Waals surface area contributed by atoms with Gasteiger partial charge in [-0.3, -0.25) is 4.79 Å². The van der Waals surface area contributed by atoms with Crippen molar-refractivity contribution in [2.75, 3.05) is 13.2 Å². The standard InChI is InChI=1S/C30H47NO11/c1-9-11-19(4)39-28(35)41-22-14-13-21(15-23(22)42-29(36)40-20(5)12-10-2)24(25(31)26(32)33)18(3)16-37-27(34)38-17-30(6,7)8/h13-15,18-20,24-25H,9-12,16-17,31H2,1-8H3,(H,32,33)/t18?,19?,20?,24?,25-/m0/s1. The third kappa shape index (κ3) is 13.4. The molecule has 12 heteroatoms. The monoisotopic (exact) mass is 597 g/mol. The zero-order chi connectivity index (χ0) is 32.0. The number of hydrogen-bond acceptors (Lipinski definition) is 11. The molecule has 0 saturated heterocycles. The summed E-state index contributed by atoms with van der Waals surface area (Å²) in [5.41, 5.74) is 6.12. The van der Waals surface area contributed by atoms with Gasteiger partial charge in [-0.15, -0.1) is 0 Å². The van der Waals surface area contributed by atoms with Crippen LogP contribution < -0.4 is 15.2 Å². The molecule has 3 N–H and O–H groups in total. The maximum atomic E-state index is 12.6. The van der Waals surface area contributed by atoms with Crippen LogP contribution in [0.1, 0.15) is 92.6 Å². The van der Waals surface area contributed by atoms with Gasteiger partial charge in [0.25, 0.3) is 0 Å². The molecule has 0 saturated carbocycles. The largest absolute Gasteiger partial charge is 0.514 e. The molecule has 0 aliphatic rings. The van der Waals surface area contributed by atoms with Crippen molar-refractivity contribution in [2.45, 2.75) is 105 Å². The zero-order valence-electron chi connectivity index (χ0n) is 26.0. The number of aliphatic carboxylic acids is 1. The van der Waals surface area contributed by atoms with Gasteiger partial charge in [-0.25, -0.2) is 14.4 Å². The van der Waals surface area contributed by atoms with E-state index in [2.05, 4.69) is 0 Å². The zero-order valence-corrected chi connectivity index (χ0v) is 26.0. The molecule has 0 amide bonds. The Morgan fingerprint density at radius 2 is 1.36 bits per heavy atom. The normalized spacial score (nSPS) is 14.9. The van der Waals surface area contributed by atoms with Crippen LogP contribution in [0.5, 0.6) is 11.5 Å². The van der Waals surface area contributed by atoms with Crippen molar-refractivity contribution in [3.63, 3.8) is 0 Å². The van der Waals surface area contributed by atoms with Crippen LogP contribution in [0.25, 0.3) is 0 Å². The van der Waals surface area contributed by atoms with Gasteiger partial charge >= 0.3 is 24.4 Å². The third-order valence-electron chi connectivity index (χ3n) is 6.10. The van der Waals surface area contributed by atoms with Crippen LogP contribution in [-0.2, 0) is 23.7 Å². The number of hydrogen-bond donors (Lipinski definition) is 2. The molecule has 0 aromatic heterocycles. The lowest BCUT2D eigenvalue weighted by Gasteiger charge is -2.28. The van der Waals surface area contributed by atoms with Gasteiger partial charge in [0.1, 0.15) is 18.2 Å². The number of carboxylic acids is 1. The van der Waals surface area contributed by atoms with Gasteiger partial charge in [-0.2, -0.15) is 0 Å².